The molecular weight excluding hydrogens is 128 g/mol. The lowest BCUT2D eigenvalue weighted by atomic mass is 10.3. The van der Waals surface area contributed by atoms with Crippen molar-refractivity contribution in [3.8, 4) is 0 Å². The van der Waals surface area contributed by atoms with Gasteiger partial charge >= 0.3 is 0 Å². The van der Waals surface area contributed by atoms with Crippen LogP contribution in [0.25, 0.3) is 0 Å². The molecule has 1 saturated heterocycles. The van der Waals surface area contributed by atoms with E-state index in [4.69, 9.17) is 5.73 Å². The summed E-state index contributed by atoms with van der Waals surface area (Å²) in [7, 11) is 0. The summed E-state index contributed by atoms with van der Waals surface area (Å²) >= 11 is 0. The fourth-order valence-corrected chi connectivity index (χ4v) is 1.31. The van der Waals surface area contributed by atoms with Gasteiger partial charge in [-0.2, -0.15) is 0 Å². The Balaban J connectivity index is 2.46. The van der Waals surface area contributed by atoms with E-state index in [1.165, 1.54) is 0 Å². The van der Waals surface area contributed by atoms with Gasteiger partial charge in [-0.25, -0.2) is 0 Å². The van der Waals surface area contributed by atoms with Crippen molar-refractivity contribution in [2.24, 2.45) is 5.73 Å². The topological polar surface area (TPSA) is 46.3 Å². The Morgan fingerprint density at radius 2 is 2.50 bits per heavy atom. The molecule has 0 aromatic heterocycles. The second-order valence-corrected chi connectivity index (χ2v) is 2.65. The SMILES string of the molecule is CCC(=O)N1CCC[C@H]1N. The van der Waals surface area contributed by atoms with Crippen LogP contribution in [0.3, 0.4) is 0 Å². The molecule has 0 aromatic rings. The minimum atomic E-state index is -0.00699. The largest absolute Gasteiger partial charge is 0.327 e. The highest BCUT2D eigenvalue weighted by molar-refractivity contribution is 5.76. The molecule has 3 nitrogen and oxygen atoms in total. The number of carbonyl (C=O) groups excluding carboxylic acids is 1. The van der Waals surface area contributed by atoms with Crippen molar-refractivity contribution in [1.82, 2.24) is 4.90 Å². The minimum Gasteiger partial charge on any atom is -0.327 e. The van der Waals surface area contributed by atoms with E-state index in [0.717, 1.165) is 19.4 Å². The first kappa shape index (κ1) is 7.54. The fourth-order valence-electron chi connectivity index (χ4n) is 1.31. The van der Waals surface area contributed by atoms with Crippen molar-refractivity contribution >= 4 is 5.91 Å². The minimum absolute atomic E-state index is 0.00699. The number of nitrogens with zero attached hydrogens (tertiary/aromatic N) is 1. The predicted molar refractivity (Wildman–Crippen MR) is 39.2 cm³/mol. The lowest BCUT2D eigenvalue weighted by molar-refractivity contribution is -0.131. The molecule has 1 heterocycles. The third-order valence-corrected chi connectivity index (χ3v) is 1.92. The van der Waals surface area contributed by atoms with Gasteiger partial charge < -0.3 is 10.6 Å². The highest BCUT2D eigenvalue weighted by atomic mass is 16.2. The first-order valence-corrected chi connectivity index (χ1v) is 3.80. The second kappa shape index (κ2) is 3.01. The highest BCUT2D eigenvalue weighted by Gasteiger charge is 2.23. The molecule has 3 heteroatoms. The van der Waals surface area contributed by atoms with Crippen LogP contribution in [0, 0.1) is 0 Å². The summed E-state index contributed by atoms with van der Waals surface area (Å²) < 4.78 is 0. The maximum atomic E-state index is 11.1. The molecule has 0 bridgehead atoms. The third kappa shape index (κ3) is 1.29. The van der Waals surface area contributed by atoms with Gasteiger partial charge in [0, 0.05) is 13.0 Å². The lowest BCUT2D eigenvalue weighted by Gasteiger charge is -2.19. The molecule has 1 aliphatic rings. The smallest absolute Gasteiger partial charge is 0.223 e. The molecule has 0 saturated carbocycles. The molecule has 1 fully saturated rings. The van der Waals surface area contributed by atoms with Gasteiger partial charge in [0.25, 0.3) is 0 Å². The first-order chi connectivity index (χ1) is 4.75. The molecule has 0 aliphatic carbocycles. The van der Waals surface area contributed by atoms with Crippen LogP contribution in [-0.2, 0) is 4.79 Å². The van der Waals surface area contributed by atoms with Crippen molar-refractivity contribution in [3.63, 3.8) is 0 Å². The van der Waals surface area contributed by atoms with Crippen molar-refractivity contribution in [1.29, 1.82) is 0 Å². The van der Waals surface area contributed by atoms with Crippen molar-refractivity contribution in [2.45, 2.75) is 32.4 Å². The van der Waals surface area contributed by atoms with Crippen LogP contribution in [0.15, 0.2) is 0 Å². The Hall–Kier alpha value is -0.570. The lowest BCUT2D eigenvalue weighted by Crippen LogP contribution is -2.40. The van der Waals surface area contributed by atoms with Gasteiger partial charge in [-0.05, 0) is 12.8 Å². The van der Waals surface area contributed by atoms with Crippen LogP contribution >= 0.6 is 0 Å². The second-order valence-electron chi connectivity index (χ2n) is 2.65. The maximum absolute atomic E-state index is 11.1. The normalized spacial score (nSPS) is 25.4. The zero-order valence-corrected chi connectivity index (χ0v) is 6.34. The summed E-state index contributed by atoms with van der Waals surface area (Å²) in [6.45, 7) is 2.72. The van der Waals surface area contributed by atoms with Crippen LogP contribution in [0.4, 0.5) is 0 Å². The molecule has 0 radical (unpaired) electrons. The van der Waals surface area contributed by atoms with E-state index in [-0.39, 0.29) is 12.1 Å². The Bertz CT molecular complexity index is 136. The summed E-state index contributed by atoms with van der Waals surface area (Å²) in [6, 6.07) is 0. The summed E-state index contributed by atoms with van der Waals surface area (Å²) in [5.41, 5.74) is 5.66. The molecule has 0 spiro atoms. The monoisotopic (exact) mass is 142 g/mol. The van der Waals surface area contributed by atoms with Gasteiger partial charge in [0.2, 0.25) is 5.91 Å². The average molecular weight is 142 g/mol. The van der Waals surface area contributed by atoms with Crippen molar-refractivity contribution < 1.29 is 4.79 Å². The standard InChI is InChI=1S/C7H14N2O/c1-2-7(10)9-5-3-4-6(9)8/h6H,2-5,8H2,1H3/t6-/m0/s1. The highest BCUT2D eigenvalue weighted by Crippen LogP contribution is 2.13. The molecule has 1 amide bonds. The molecule has 10 heavy (non-hydrogen) atoms. The van der Waals surface area contributed by atoms with E-state index in [2.05, 4.69) is 0 Å². The molecule has 2 N–H and O–H groups in total. The zero-order chi connectivity index (χ0) is 7.56. The number of carbonyl (C=O) groups is 1. The fraction of sp³-hybridized carbons (Fsp3) is 0.857. The first-order valence-electron chi connectivity index (χ1n) is 3.80. The van der Waals surface area contributed by atoms with E-state index in [0.29, 0.717) is 6.42 Å². The summed E-state index contributed by atoms with van der Waals surface area (Å²) in [5, 5.41) is 0. The molecular formula is C7H14N2O. The summed E-state index contributed by atoms with van der Waals surface area (Å²) in [4.78, 5) is 12.8. The summed E-state index contributed by atoms with van der Waals surface area (Å²) in [5.74, 6) is 0.185. The van der Waals surface area contributed by atoms with Crippen LogP contribution in [0.1, 0.15) is 26.2 Å². The van der Waals surface area contributed by atoms with Crippen LogP contribution in [0.2, 0.25) is 0 Å². The van der Waals surface area contributed by atoms with E-state index in [9.17, 15) is 4.79 Å². The van der Waals surface area contributed by atoms with Gasteiger partial charge in [-0.3, -0.25) is 4.79 Å². The molecule has 0 aromatic carbocycles. The van der Waals surface area contributed by atoms with E-state index >= 15 is 0 Å². The van der Waals surface area contributed by atoms with Crippen LogP contribution in [-0.4, -0.2) is 23.5 Å². The van der Waals surface area contributed by atoms with Gasteiger partial charge in [0.15, 0.2) is 0 Å². The number of amides is 1. The average Bonchev–Trinajstić information content (AvgIpc) is 2.34. The van der Waals surface area contributed by atoms with Crippen molar-refractivity contribution in [3.05, 3.63) is 0 Å². The number of hydrogen-bond acceptors (Lipinski definition) is 2. The van der Waals surface area contributed by atoms with Gasteiger partial charge in [0.05, 0.1) is 6.17 Å². The van der Waals surface area contributed by atoms with Gasteiger partial charge in [-0.15, -0.1) is 0 Å². The third-order valence-electron chi connectivity index (χ3n) is 1.92. The van der Waals surface area contributed by atoms with Crippen LogP contribution in [0.5, 0.6) is 0 Å². The number of nitrogens with two attached hydrogens (primary N) is 1. The zero-order valence-electron chi connectivity index (χ0n) is 6.34. The number of likely N-dealkylation sites (tertiary alicyclic amines) is 1. The molecule has 1 atom stereocenters. The number of hydrogen-bond donors (Lipinski definition) is 1. The molecule has 58 valence electrons. The molecule has 1 rings (SSSR count). The summed E-state index contributed by atoms with van der Waals surface area (Å²) in [6.07, 6.45) is 2.60. The number of rotatable bonds is 1. The molecule has 0 unspecified atom stereocenters. The van der Waals surface area contributed by atoms with E-state index in [1.54, 1.807) is 4.90 Å². The Morgan fingerprint density at radius 3 is 2.90 bits per heavy atom. The quantitative estimate of drug-likeness (QED) is 0.572. The predicted octanol–water partition coefficient (Wildman–Crippen LogP) is 0.304. The van der Waals surface area contributed by atoms with E-state index in [1.807, 2.05) is 6.92 Å². The Kier molecular flexibility index (Phi) is 2.27. The van der Waals surface area contributed by atoms with Crippen molar-refractivity contribution in [2.75, 3.05) is 6.54 Å². The van der Waals surface area contributed by atoms with Crippen LogP contribution < -0.4 is 5.73 Å². The maximum Gasteiger partial charge on any atom is 0.223 e. The van der Waals surface area contributed by atoms with Gasteiger partial charge in [-0.1, -0.05) is 6.92 Å². The molecule has 1 aliphatic heterocycles. The Labute approximate surface area is 61.2 Å². The van der Waals surface area contributed by atoms with E-state index < -0.39 is 0 Å². The van der Waals surface area contributed by atoms with Gasteiger partial charge in [0.1, 0.15) is 0 Å². The Morgan fingerprint density at radius 1 is 1.80 bits per heavy atom.